The largest absolute Gasteiger partial charge is 0.378 e. The summed E-state index contributed by atoms with van der Waals surface area (Å²) in [7, 11) is 0. The lowest BCUT2D eigenvalue weighted by molar-refractivity contribution is -0.00576. The summed E-state index contributed by atoms with van der Waals surface area (Å²) >= 11 is 0. The second-order valence-electron chi connectivity index (χ2n) is 9.20. The Labute approximate surface area is 189 Å². The van der Waals surface area contributed by atoms with Crippen molar-refractivity contribution in [3.05, 3.63) is 51.4 Å². The Bertz CT molecular complexity index is 976. The normalized spacial score (nSPS) is 24.4. The van der Waals surface area contributed by atoms with Crippen molar-refractivity contribution in [2.75, 3.05) is 55.7 Å². The summed E-state index contributed by atoms with van der Waals surface area (Å²) in [6.07, 6.45) is 0.980. The molecule has 0 spiro atoms. The van der Waals surface area contributed by atoms with E-state index in [1.807, 2.05) is 0 Å². The second-order valence-corrected chi connectivity index (χ2v) is 9.20. The van der Waals surface area contributed by atoms with E-state index in [0.29, 0.717) is 12.5 Å². The number of benzene rings is 1. The summed E-state index contributed by atoms with van der Waals surface area (Å²) in [4.78, 5) is 27.6. The lowest BCUT2D eigenvalue weighted by Gasteiger charge is -2.36. The molecule has 2 fully saturated rings. The van der Waals surface area contributed by atoms with Crippen LogP contribution in [0, 0.1) is 0 Å². The van der Waals surface area contributed by atoms with Crippen LogP contribution in [0.5, 0.6) is 0 Å². The predicted octanol–water partition coefficient (Wildman–Crippen LogP) is 1.78. The number of aromatic nitrogens is 2. The van der Waals surface area contributed by atoms with Crippen LogP contribution in [0.4, 0.5) is 11.6 Å². The minimum absolute atomic E-state index is 0.00584. The highest BCUT2D eigenvalue weighted by molar-refractivity contribution is 5.48. The topological polar surface area (TPSA) is 73.9 Å². The highest BCUT2D eigenvalue weighted by atomic mass is 16.5. The van der Waals surface area contributed by atoms with Crippen LogP contribution in [0.25, 0.3) is 0 Å². The van der Waals surface area contributed by atoms with E-state index in [-0.39, 0.29) is 17.8 Å². The summed E-state index contributed by atoms with van der Waals surface area (Å²) in [5.41, 5.74) is 4.29. The zero-order chi connectivity index (χ0) is 22.1. The molecule has 5 rings (SSSR count). The molecular weight excluding hydrogens is 406 g/mol. The summed E-state index contributed by atoms with van der Waals surface area (Å²) in [6, 6.07) is 8.85. The third-order valence-electron chi connectivity index (χ3n) is 6.58. The van der Waals surface area contributed by atoms with Crippen LogP contribution in [0.2, 0.25) is 0 Å². The van der Waals surface area contributed by atoms with Crippen molar-refractivity contribution >= 4 is 11.6 Å². The van der Waals surface area contributed by atoms with Crippen molar-refractivity contribution in [3.63, 3.8) is 0 Å². The summed E-state index contributed by atoms with van der Waals surface area (Å²) in [6.45, 7) is 11.5. The lowest BCUT2D eigenvalue weighted by atomic mass is 10.1. The van der Waals surface area contributed by atoms with Gasteiger partial charge in [-0.05, 0) is 38.0 Å². The number of hydrogen-bond acceptors (Lipinski definition) is 7. The van der Waals surface area contributed by atoms with Gasteiger partial charge < -0.3 is 19.3 Å². The average Bonchev–Trinajstić information content (AvgIpc) is 2.79. The van der Waals surface area contributed by atoms with E-state index in [1.165, 1.54) is 11.3 Å². The van der Waals surface area contributed by atoms with Crippen LogP contribution in [-0.2, 0) is 29.0 Å². The Morgan fingerprint density at radius 1 is 1.03 bits per heavy atom. The predicted molar refractivity (Wildman–Crippen MR) is 124 cm³/mol. The van der Waals surface area contributed by atoms with Gasteiger partial charge in [0.2, 0.25) is 5.95 Å². The van der Waals surface area contributed by atoms with E-state index in [4.69, 9.17) is 14.5 Å². The van der Waals surface area contributed by atoms with Crippen LogP contribution in [0.3, 0.4) is 0 Å². The zero-order valence-corrected chi connectivity index (χ0v) is 19.0. The van der Waals surface area contributed by atoms with Gasteiger partial charge in [-0.25, -0.2) is 4.98 Å². The van der Waals surface area contributed by atoms with E-state index in [2.05, 4.69) is 57.8 Å². The summed E-state index contributed by atoms with van der Waals surface area (Å²) in [5, 5.41) is 0. The van der Waals surface area contributed by atoms with Crippen LogP contribution in [0.15, 0.2) is 29.1 Å². The number of H-pyrrole nitrogens is 1. The maximum atomic E-state index is 12.8. The van der Waals surface area contributed by atoms with Gasteiger partial charge in [-0.15, -0.1) is 0 Å². The fourth-order valence-electron chi connectivity index (χ4n) is 5.01. The molecule has 1 N–H and O–H groups in total. The molecule has 1 aromatic carbocycles. The molecule has 0 aliphatic carbocycles. The molecule has 2 saturated heterocycles. The molecule has 8 nitrogen and oxygen atoms in total. The van der Waals surface area contributed by atoms with Gasteiger partial charge in [0.15, 0.2) is 0 Å². The number of anilines is 2. The van der Waals surface area contributed by atoms with E-state index in [0.717, 1.165) is 70.2 Å². The summed E-state index contributed by atoms with van der Waals surface area (Å²) < 4.78 is 11.3. The van der Waals surface area contributed by atoms with Gasteiger partial charge in [0, 0.05) is 57.1 Å². The van der Waals surface area contributed by atoms with Crippen molar-refractivity contribution in [2.45, 2.75) is 45.6 Å². The van der Waals surface area contributed by atoms with Crippen LogP contribution < -0.4 is 15.4 Å². The molecule has 0 saturated carbocycles. The van der Waals surface area contributed by atoms with E-state index in [9.17, 15) is 4.79 Å². The Hall–Kier alpha value is -2.42. The number of aromatic amines is 1. The van der Waals surface area contributed by atoms with Gasteiger partial charge in [-0.1, -0.05) is 12.1 Å². The Kier molecular flexibility index (Phi) is 6.17. The monoisotopic (exact) mass is 439 g/mol. The fraction of sp³-hybridized carbons (Fsp3) is 0.583. The molecule has 0 amide bonds. The SMILES string of the molecule is CC1CN(c2nc3c(c(=O)[nH]2)CCN(Cc2ccc(N4CCOCC4)cc2)C3)CC(C)O1. The highest BCUT2D eigenvalue weighted by Gasteiger charge is 2.27. The van der Waals surface area contributed by atoms with Gasteiger partial charge in [0.05, 0.1) is 31.1 Å². The van der Waals surface area contributed by atoms with Crippen LogP contribution >= 0.6 is 0 Å². The first-order valence-corrected chi connectivity index (χ1v) is 11.7. The third kappa shape index (κ3) is 4.67. The standard InChI is InChI=1S/C24H33N5O3/c1-17-13-29(14-18(2)32-17)24-25-22-16-27(8-7-21(22)23(30)26-24)15-19-3-5-20(6-4-19)28-9-11-31-12-10-28/h3-6,17-18H,7-16H2,1-2H3,(H,25,26,30). The Balaban J connectivity index is 1.27. The molecular formula is C24H33N5O3. The molecule has 2 unspecified atom stereocenters. The van der Waals surface area contributed by atoms with Crippen molar-refractivity contribution in [3.8, 4) is 0 Å². The van der Waals surface area contributed by atoms with Crippen molar-refractivity contribution in [2.24, 2.45) is 0 Å². The molecule has 0 bridgehead atoms. The minimum atomic E-state index is 0.00584. The molecule has 0 radical (unpaired) electrons. The van der Waals surface area contributed by atoms with Gasteiger partial charge in [0.25, 0.3) is 5.56 Å². The quantitative estimate of drug-likeness (QED) is 0.778. The maximum absolute atomic E-state index is 12.8. The van der Waals surface area contributed by atoms with Crippen molar-refractivity contribution in [1.29, 1.82) is 0 Å². The smallest absolute Gasteiger partial charge is 0.255 e. The fourth-order valence-corrected chi connectivity index (χ4v) is 5.01. The molecule has 3 aliphatic rings. The molecule has 2 aromatic rings. The van der Waals surface area contributed by atoms with Crippen molar-refractivity contribution < 1.29 is 9.47 Å². The first-order valence-electron chi connectivity index (χ1n) is 11.7. The van der Waals surface area contributed by atoms with Gasteiger partial charge in [-0.2, -0.15) is 0 Å². The third-order valence-corrected chi connectivity index (χ3v) is 6.58. The molecule has 3 aliphatic heterocycles. The Morgan fingerprint density at radius 2 is 1.75 bits per heavy atom. The maximum Gasteiger partial charge on any atom is 0.255 e. The first kappa shape index (κ1) is 21.4. The summed E-state index contributed by atoms with van der Waals surface area (Å²) in [5.74, 6) is 0.674. The van der Waals surface area contributed by atoms with E-state index in [1.54, 1.807) is 0 Å². The molecule has 8 heteroatoms. The molecule has 172 valence electrons. The number of ether oxygens (including phenoxy) is 2. The number of nitrogens with zero attached hydrogens (tertiary/aromatic N) is 4. The van der Waals surface area contributed by atoms with Gasteiger partial charge >= 0.3 is 0 Å². The zero-order valence-electron chi connectivity index (χ0n) is 19.0. The van der Waals surface area contributed by atoms with E-state index < -0.39 is 0 Å². The second kappa shape index (κ2) is 9.21. The highest BCUT2D eigenvalue weighted by Crippen LogP contribution is 2.22. The van der Waals surface area contributed by atoms with Crippen LogP contribution in [0.1, 0.15) is 30.7 Å². The number of nitrogens with one attached hydrogen (secondary N) is 1. The number of fused-ring (bicyclic) bond motifs is 1. The molecule has 4 heterocycles. The number of hydrogen-bond donors (Lipinski definition) is 1. The van der Waals surface area contributed by atoms with Crippen molar-refractivity contribution in [1.82, 2.24) is 14.9 Å². The average molecular weight is 440 g/mol. The van der Waals surface area contributed by atoms with E-state index >= 15 is 0 Å². The Morgan fingerprint density at radius 3 is 2.47 bits per heavy atom. The minimum Gasteiger partial charge on any atom is -0.378 e. The lowest BCUT2D eigenvalue weighted by Crippen LogP contribution is -2.47. The van der Waals surface area contributed by atoms with Gasteiger partial charge in [0.1, 0.15) is 0 Å². The van der Waals surface area contributed by atoms with Gasteiger partial charge in [-0.3, -0.25) is 14.7 Å². The number of rotatable bonds is 4. The first-order chi connectivity index (χ1) is 15.5. The molecule has 32 heavy (non-hydrogen) atoms. The molecule has 1 aromatic heterocycles. The van der Waals surface area contributed by atoms with Crippen LogP contribution in [-0.4, -0.2) is 73.0 Å². The molecule has 2 atom stereocenters. The number of morpholine rings is 2.